The van der Waals surface area contributed by atoms with Gasteiger partial charge in [-0.2, -0.15) is 0 Å². The molecule has 0 aliphatic carbocycles. The molecule has 0 spiro atoms. The fourth-order valence-corrected chi connectivity index (χ4v) is 2.20. The minimum absolute atomic E-state index is 0.236. The molecule has 0 aromatic rings. The first-order chi connectivity index (χ1) is 9.11. The fourth-order valence-electron chi connectivity index (χ4n) is 2.20. The number of rotatable bonds is 13. The summed E-state index contributed by atoms with van der Waals surface area (Å²) < 4.78 is 0. The molecule has 0 bridgehead atoms. The maximum absolute atomic E-state index is 10.6. The van der Waals surface area contributed by atoms with Crippen LogP contribution in [0.4, 0.5) is 0 Å². The maximum Gasteiger partial charge on any atom is 0.303 e. The number of carboxylic acid groups (broad SMARTS) is 1. The zero-order chi connectivity index (χ0) is 14.5. The van der Waals surface area contributed by atoms with Gasteiger partial charge >= 0.3 is 5.97 Å². The lowest BCUT2D eigenvalue weighted by Gasteiger charge is -2.24. The van der Waals surface area contributed by atoms with Crippen LogP contribution in [-0.2, 0) is 4.79 Å². The number of hydrogen-bond acceptors (Lipinski definition) is 3. The van der Waals surface area contributed by atoms with Gasteiger partial charge in [0.1, 0.15) is 0 Å². The zero-order valence-corrected chi connectivity index (χ0v) is 12.9. The maximum atomic E-state index is 10.6. The van der Waals surface area contributed by atoms with Crippen molar-refractivity contribution >= 4 is 5.97 Å². The zero-order valence-electron chi connectivity index (χ0n) is 12.9. The van der Waals surface area contributed by atoms with Crippen molar-refractivity contribution < 1.29 is 9.90 Å². The Bertz CT molecular complexity index is 222. The average Bonchev–Trinajstić information content (AvgIpc) is 2.40. The Kier molecular flexibility index (Phi) is 12.0. The number of hydrogen-bond donors (Lipinski definition) is 3. The quantitative estimate of drug-likeness (QED) is 0.451. The molecule has 3 N–H and O–H groups in total. The van der Waals surface area contributed by atoms with Gasteiger partial charge in [0.2, 0.25) is 0 Å². The van der Waals surface area contributed by atoms with E-state index < -0.39 is 5.97 Å². The molecular weight excluding hydrogens is 240 g/mol. The molecule has 19 heavy (non-hydrogen) atoms. The second-order valence-electron chi connectivity index (χ2n) is 5.34. The van der Waals surface area contributed by atoms with Crippen LogP contribution in [0.2, 0.25) is 0 Å². The first kappa shape index (κ1) is 18.4. The predicted octanol–water partition coefficient (Wildman–Crippen LogP) is 2.78. The van der Waals surface area contributed by atoms with Crippen molar-refractivity contribution in [1.82, 2.24) is 10.6 Å². The summed E-state index contributed by atoms with van der Waals surface area (Å²) in [6.45, 7) is 5.32. The average molecular weight is 272 g/mol. The molecule has 0 aliphatic heterocycles. The van der Waals surface area contributed by atoms with Gasteiger partial charge in [-0.25, -0.2) is 0 Å². The van der Waals surface area contributed by atoms with E-state index in [1.165, 1.54) is 38.5 Å². The van der Waals surface area contributed by atoms with E-state index in [-0.39, 0.29) is 12.5 Å². The number of aliphatic carboxylic acids is 1. The van der Waals surface area contributed by atoms with Gasteiger partial charge in [0.15, 0.2) is 0 Å². The van der Waals surface area contributed by atoms with E-state index in [4.69, 9.17) is 5.11 Å². The molecule has 0 aliphatic rings. The largest absolute Gasteiger partial charge is 0.481 e. The summed E-state index contributed by atoms with van der Waals surface area (Å²) in [7, 11) is 1.92. The summed E-state index contributed by atoms with van der Waals surface area (Å²) in [4.78, 5) is 10.6. The van der Waals surface area contributed by atoms with E-state index in [0.29, 0.717) is 12.5 Å². The van der Waals surface area contributed by atoms with E-state index in [1.807, 2.05) is 7.05 Å². The summed E-state index contributed by atoms with van der Waals surface area (Å²) in [5.74, 6) is -0.713. The molecule has 0 fully saturated rings. The third kappa shape index (κ3) is 11.0. The Labute approximate surface area is 118 Å². The molecule has 0 saturated carbocycles. The lowest BCUT2D eigenvalue weighted by Crippen LogP contribution is -2.45. The predicted molar refractivity (Wildman–Crippen MR) is 80.6 cm³/mol. The smallest absolute Gasteiger partial charge is 0.303 e. The first-order valence-corrected chi connectivity index (χ1v) is 7.74. The SMILES string of the molecule is CCCCCCCCNC(CCC(=O)O)C(C)NC. The Hall–Kier alpha value is -0.610. The molecule has 0 saturated heterocycles. The Morgan fingerprint density at radius 1 is 1.16 bits per heavy atom. The van der Waals surface area contributed by atoms with Crippen LogP contribution in [0.1, 0.15) is 65.2 Å². The van der Waals surface area contributed by atoms with Gasteiger partial charge in [0.05, 0.1) is 0 Å². The van der Waals surface area contributed by atoms with Crippen LogP contribution in [-0.4, -0.2) is 36.8 Å². The lowest BCUT2D eigenvalue weighted by molar-refractivity contribution is -0.137. The van der Waals surface area contributed by atoms with Crippen LogP contribution >= 0.6 is 0 Å². The minimum atomic E-state index is -0.713. The van der Waals surface area contributed by atoms with E-state index in [0.717, 1.165) is 6.54 Å². The van der Waals surface area contributed by atoms with Crippen LogP contribution in [0.5, 0.6) is 0 Å². The Morgan fingerprint density at radius 2 is 1.79 bits per heavy atom. The summed E-state index contributed by atoms with van der Waals surface area (Å²) in [5.41, 5.74) is 0. The van der Waals surface area contributed by atoms with E-state index in [9.17, 15) is 4.79 Å². The van der Waals surface area contributed by atoms with Gasteiger partial charge in [-0.1, -0.05) is 39.0 Å². The molecule has 0 heterocycles. The summed E-state index contributed by atoms with van der Waals surface area (Å²) in [5, 5.41) is 15.5. The van der Waals surface area contributed by atoms with Gasteiger partial charge in [-0.05, 0) is 33.4 Å². The molecule has 0 rings (SSSR count). The van der Waals surface area contributed by atoms with Crippen molar-refractivity contribution in [1.29, 1.82) is 0 Å². The van der Waals surface area contributed by atoms with Crippen LogP contribution in [0.25, 0.3) is 0 Å². The van der Waals surface area contributed by atoms with E-state index >= 15 is 0 Å². The van der Waals surface area contributed by atoms with Gasteiger partial charge in [-0.3, -0.25) is 4.79 Å². The summed E-state index contributed by atoms with van der Waals surface area (Å²) >= 11 is 0. The molecule has 0 radical (unpaired) electrons. The molecule has 0 aromatic heterocycles. The normalized spacial score (nSPS) is 14.3. The number of nitrogens with one attached hydrogen (secondary N) is 2. The highest BCUT2D eigenvalue weighted by atomic mass is 16.4. The van der Waals surface area contributed by atoms with Gasteiger partial charge in [0.25, 0.3) is 0 Å². The third-order valence-electron chi connectivity index (χ3n) is 3.66. The van der Waals surface area contributed by atoms with E-state index in [1.54, 1.807) is 0 Å². The molecule has 4 heteroatoms. The number of unbranched alkanes of at least 4 members (excludes halogenated alkanes) is 5. The molecule has 0 aromatic carbocycles. The fraction of sp³-hybridized carbons (Fsp3) is 0.933. The monoisotopic (exact) mass is 272 g/mol. The molecular formula is C15H32N2O2. The van der Waals surface area contributed by atoms with Crippen molar-refractivity contribution in [3.05, 3.63) is 0 Å². The van der Waals surface area contributed by atoms with Gasteiger partial charge in [-0.15, -0.1) is 0 Å². The van der Waals surface area contributed by atoms with Crippen LogP contribution in [0, 0.1) is 0 Å². The van der Waals surface area contributed by atoms with Crippen molar-refractivity contribution in [3.8, 4) is 0 Å². The Morgan fingerprint density at radius 3 is 2.37 bits per heavy atom. The second-order valence-corrected chi connectivity index (χ2v) is 5.34. The summed E-state index contributed by atoms with van der Waals surface area (Å²) in [6, 6.07) is 0.552. The summed E-state index contributed by atoms with van der Waals surface area (Å²) in [6.07, 6.45) is 8.66. The van der Waals surface area contributed by atoms with Crippen molar-refractivity contribution in [2.45, 2.75) is 77.3 Å². The number of likely N-dealkylation sites (N-methyl/N-ethyl adjacent to an activating group) is 1. The van der Waals surface area contributed by atoms with Crippen LogP contribution in [0.3, 0.4) is 0 Å². The van der Waals surface area contributed by atoms with Crippen molar-refractivity contribution in [2.75, 3.05) is 13.6 Å². The molecule has 2 unspecified atom stereocenters. The standard InChI is InChI=1S/C15H32N2O2/c1-4-5-6-7-8-9-12-17-14(13(2)16-3)10-11-15(18)19/h13-14,16-17H,4-12H2,1-3H3,(H,18,19). The highest BCUT2D eigenvalue weighted by molar-refractivity contribution is 5.66. The second kappa shape index (κ2) is 12.4. The van der Waals surface area contributed by atoms with Crippen LogP contribution < -0.4 is 10.6 Å². The number of carboxylic acids is 1. The molecule has 114 valence electrons. The van der Waals surface area contributed by atoms with E-state index in [2.05, 4.69) is 24.5 Å². The molecule has 0 amide bonds. The highest BCUT2D eigenvalue weighted by Crippen LogP contribution is 2.06. The van der Waals surface area contributed by atoms with Gasteiger partial charge < -0.3 is 15.7 Å². The topological polar surface area (TPSA) is 61.4 Å². The first-order valence-electron chi connectivity index (χ1n) is 7.74. The molecule has 4 nitrogen and oxygen atoms in total. The minimum Gasteiger partial charge on any atom is -0.481 e. The van der Waals surface area contributed by atoms with Gasteiger partial charge in [0, 0.05) is 18.5 Å². The Balaban J connectivity index is 3.70. The highest BCUT2D eigenvalue weighted by Gasteiger charge is 2.15. The lowest BCUT2D eigenvalue weighted by atomic mass is 10.0. The van der Waals surface area contributed by atoms with Crippen LogP contribution in [0.15, 0.2) is 0 Å². The number of carbonyl (C=O) groups is 1. The van der Waals surface area contributed by atoms with Crippen molar-refractivity contribution in [3.63, 3.8) is 0 Å². The third-order valence-corrected chi connectivity index (χ3v) is 3.66. The molecule has 2 atom stereocenters. The van der Waals surface area contributed by atoms with Crippen molar-refractivity contribution in [2.24, 2.45) is 0 Å².